The molecule has 0 amide bonds. The molecule has 2 aromatic carbocycles. The third-order valence-electron chi connectivity index (χ3n) is 5.22. The van der Waals surface area contributed by atoms with Crippen LogP contribution in [0.4, 0.5) is 26.3 Å². The molecule has 0 aliphatic rings. The maximum absolute atomic E-state index is 14.2. The number of pyridine rings is 1. The Labute approximate surface area is 169 Å². The molecular formula is C22H19F6NO. The van der Waals surface area contributed by atoms with Crippen LogP contribution < -0.4 is 0 Å². The number of hydrogen-bond donors (Lipinski definition) is 1. The zero-order chi connectivity index (χ0) is 22.4. The molecule has 1 unspecified atom stereocenters. The van der Waals surface area contributed by atoms with Gasteiger partial charge in [0.1, 0.15) is 0 Å². The Kier molecular flexibility index (Phi) is 5.35. The molecule has 3 rings (SSSR count). The van der Waals surface area contributed by atoms with E-state index >= 15 is 0 Å². The molecule has 1 atom stereocenters. The van der Waals surface area contributed by atoms with Gasteiger partial charge in [-0.3, -0.25) is 4.98 Å². The van der Waals surface area contributed by atoms with Gasteiger partial charge in [-0.1, -0.05) is 50.2 Å². The summed E-state index contributed by atoms with van der Waals surface area (Å²) in [4.78, 5) is 4.01. The van der Waals surface area contributed by atoms with Crippen LogP contribution in [-0.2, 0) is 17.2 Å². The molecule has 0 aliphatic heterocycles. The molecule has 0 aliphatic carbocycles. The first kappa shape index (κ1) is 22.1. The van der Waals surface area contributed by atoms with Crippen molar-refractivity contribution >= 4 is 10.9 Å². The van der Waals surface area contributed by atoms with E-state index in [-0.39, 0.29) is 16.5 Å². The van der Waals surface area contributed by atoms with Crippen molar-refractivity contribution in [3.05, 3.63) is 77.5 Å². The van der Waals surface area contributed by atoms with Crippen molar-refractivity contribution in [2.75, 3.05) is 0 Å². The third-order valence-corrected chi connectivity index (χ3v) is 5.22. The lowest BCUT2D eigenvalue weighted by molar-refractivity contribution is -0.273. The van der Waals surface area contributed by atoms with E-state index in [1.165, 1.54) is 44.2 Å². The molecular weight excluding hydrogens is 408 g/mol. The second kappa shape index (κ2) is 7.27. The van der Waals surface area contributed by atoms with E-state index in [4.69, 9.17) is 0 Å². The minimum absolute atomic E-state index is 0.0831. The van der Waals surface area contributed by atoms with Crippen molar-refractivity contribution < 1.29 is 31.4 Å². The Balaban J connectivity index is 2.20. The van der Waals surface area contributed by atoms with E-state index in [0.29, 0.717) is 0 Å². The fourth-order valence-electron chi connectivity index (χ4n) is 3.86. The van der Waals surface area contributed by atoms with Gasteiger partial charge in [-0.05, 0) is 35.6 Å². The number of alkyl halides is 6. The molecule has 0 spiro atoms. The van der Waals surface area contributed by atoms with Crippen molar-refractivity contribution in [2.24, 2.45) is 0 Å². The standard InChI is InChI=1S/C22H19F6NO/c1-19(2,16-8-4-5-9-17(16)21(23,24)25)13-20(30,22(26,27)28)15-11-12-29-18-10-6-3-7-14(15)18/h3-12,30H,13H2,1-2H3. The number of benzene rings is 2. The molecule has 1 N–H and O–H groups in total. The second-order valence-corrected chi connectivity index (χ2v) is 7.84. The van der Waals surface area contributed by atoms with Gasteiger partial charge in [-0.2, -0.15) is 26.3 Å². The van der Waals surface area contributed by atoms with Gasteiger partial charge in [-0.15, -0.1) is 0 Å². The normalized spacial score (nSPS) is 15.2. The Bertz CT molecular complexity index is 1050. The average Bonchev–Trinajstić information content (AvgIpc) is 2.65. The molecule has 0 saturated carbocycles. The smallest absolute Gasteiger partial charge is 0.376 e. The van der Waals surface area contributed by atoms with E-state index in [2.05, 4.69) is 4.98 Å². The number of rotatable bonds is 4. The second-order valence-electron chi connectivity index (χ2n) is 7.84. The predicted molar refractivity (Wildman–Crippen MR) is 101 cm³/mol. The number of halogens is 6. The topological polar surface area (TPSA) is 33.1 Å². The summed E-state index contributed by atoms with van der Waals surface area (Å²) in [7, 11) is 0. The molecule has 1 heterocycles. The zero-order valence-corrected chi connectivity index (χ0v) is 16.1. The average molecular weight is 427 g/mol. The van der Waals surface area contributed by atoms with Crippen LogP contribution in [0, 0.1) is 0 Å². The SMILES string of the molecule is CC(C)(CC(O)(c1ccnc2ccccc12)C(F)(F)F)c1ccccc1C(F)(F)F. The van der Waals surface area contributed by atoms with Crippen molar-refractivity contribution in [3.63, 3.8) is 0 Å². The Morgan fingerprint density at radius 2 is 1.33 bits per heavy atom. The Morgan fingerprint density at radius 1 is 0.767 bits per heavy atom. The number of aromatic nitrogens is 1. The van der Waals surface area contributed by atoms with Crippen molar-refractivity contribution in [3.8, 4) is 0 Å². The highest BCUT2D eigenvalue weighted by Crippen LogP contribution is 2.50. The van der Waals surface area contributed by atoms with Crippen LogP contribution >= 0.6 is 0 Å². The van der Waals surface area contributed by atoms with Crippen molar-refractivity contribution in [1.82, 2.24) is 4.98 Å². The van der Waals surface area contributed by atoms with E-state index in [0.717, 1.165) is 24.4 Å². The first-order valence-corrected chi connectivity index (χ1v) is 9.07. The predicted octanol–water partition coefficient (Wildman–Crippen LogP) is 6.37. The highest BCUT2D eigenvalue weighted by atomic mass is 19.4. The lowest BCUT2D eigenvalue weighted by Crippen LogP contribution is -2.47. The highest BCUT2D eigenvalue weighted by Gasteiger charge is 2.58. The maximum Gasteiger partial charge on any atom is 0.421 e. The molecule has 2 nitrogen and oxygen atoms in total. The fourth-order valence-corrected chi connectivity index (χ4v) is 3.86. The summed E-state index contributed by atoms with van der Waals surface area (Å²) in [6, 6.07) is 11.5. The van der Waals surface area contributed by atoms with Crippen LogP contribution in [0.25, 0.3) is 10.9 Å². The number of fused-ring (bicyclic) bond motifs is 1. The van der Waals surface area contributed by atoms with Crippen LogP contribution in [0.3, 0.4) is 0 Å². The van der Waals surface area contributed by atoms with Gasteiger partial charge < -0.3 is 5.11 Å². The van der Waals surface area contributed by atoms with Crippen LogP contribution in [0.15, 0.2) is 60.8 Å². The quantitative estimate of drug-likeness (QED) is 0.491. The molecule has 3 aromatic rings. The summed E-state index contributed by atoms with van der Waals surface area (Å²) in [6.45, 7) is 2.52. The van der Waals surface area contributed by atoms with E-state index < -0.39 is 40.9 Å². The zero-order valence-electron chi connectivity index (χ0n) is 16.1. The summed E-state index contributed by atoms with van der Waals surface area (Å²) >= 11 is 0. The molecule has 1 aromatic heterocycles. The minimum Gasteiger partial charge on any atom is -0.376 e. The molecule has 160 valence electrons. The van der Waals surface area contributed by atoms with Gasteiger partial charge >= 0.3 is 12.4 Å². The van der Waals surface area contributed by atoms with Crippen LogP contribution in [0.1, 0.15) is 37.0 Å². The van der Waals surface area contributed by atoms with Gasteiger partial charge in [0.05, 0.1) is 11.1 Å². The lowest BCUT2D eigenvalue weighted by Gasteiger charge is -2.39. The number of nitrogens with zero attached hydrogens (tertiary/aromatic N) is 1. The largest absolute Gasteiger partial charge is 0.421 e. The van der Waals surface area contributed by atoms with Gasteiger partial charge in [0.2, 0.25) is 0 Å². The van der Waals surface area contributed by atoms with Crippen LogP contribution in [0.2, 0.25) is 0 Å². The lowest BCUT2D eigenvalue weighted by atomic mass is 9.71. The number of hydrogen-bond acceptors (Lipinski definition) is 2. The first-order chi connectivity index (χ1) is 13.8. The number of para-hydroxylation sites is 1. The third kappa shape index (κ3) is 3.88. The Morgan fingerprint density at radius 3 is 1.93 bits per heavy atom. The minimum atomic E-state index is -5.14. The number of aliphatic hydroxyl groups is 1. The summed E-state index contributed by atoms with van der Waals surface area (Å²) < 4.78 is 83.1. The van der Waals surface area contributed by atoms with Crippen LogP contribution in [-0.4, -0.2) is 16.3 Å². The van der Waals surface area contributed by atoms with Gasteiger partial charge in [0.25, 0.3) is 0 Å². The van der Waals surface area contributed by atoms with Crippen molar-refractivity contribution in [2.45, 2.75) is 43.6 Å². The highest BCUT2D eigenvalue weighted by molar-refractivity contribution is 5.83. The summed E-state index contributed by atoms with van der Waals surface area (Å²) in [5.74, 6) is 0. The van der Waals surface area contributed by atoms with E-state index in [1.54, 1.807) is 6.07 Å². The maximum atomic E-state index is 14.2. The summed E-state index contributed by atoms with van der Waals surface area (Å²) in [6.07, 6.45) is -9.75. The van der Waals surface area contributed by atoms with E-state index in [1.807, 2.05) is 0 Å². The van der Waals surface area contributed by atoms with Gasteiger partial charge in [0.15, 0.2) is 5.60 Å². The monoisotopic (exact) mass is 427 g/mol. The molecule has 0 radical (unpaired) electrons. The summed E-state index contributed by atoms with van der Waals surface area (Å²) in [5, 5.41) is 11.1. The Hall–Kier alpha value is -2.61. The summed E-state index contributed by atoms with van der Waals surface area (Å²) in [5.41, 5.74) is -6.61. The molecule has 8 heteroatoms. The molecule has 0 fully saturated rings. The van der Waals surface area contributed by atoms with Gasteiger partial charge in [-0.25, -0.2) is 0 Å². The first-order valence-electron chi connectivity index (χ1n) is 9.07. The van der Waals surface area contributed by atoms with Gasteiger partial charge in [0, 0.05) is 17.1 Å². The van der Waals surface area contributed by atoms with Crippen molar-refractivity contribution in [1.29, 1.82) is 0 Å². The molecule has 0 saturated heterocycles. The molecule has 0 bridgehead atoms. The fraction of sp³-hybridized carbons (Fsp3) is 0.318. The molecule has 30 heavy (non-hydrogen) atoms. The van der Waals surface area contributed by atoms with Crippen LogP contribution in [0.5, 0.6) is 0 Å². The van der Waals surface area contributed by atoms with E-state index in [9.17, 15) is 31.4 Å².